The number of carbonyl (C=O) groups excluding carboxylic acids is 3. The van der Waals surface area contributed by atoms with Crippen LogP contribution in [0.2, 0.25) is 0 Å². The van der Waals surface area contributed by atoms with Gasteiger partial charge in [0.2, 0.25) is 5.91 Å². The predicted molar refractivity (Wildman–Crippen MR) is 96.6 cm³/mol. The van der Waals surface area contributed by atoms with Gasteiger partial charge in [-0.25, -0.2) is 0 Å². The summed E-state index contributed by atoms with van der Waals surface area (Å²) in [6.45, 7) is 3.15. The van der Waals surface area contributed by atoms with Gasteiger partial charge in [0.25, 0.3) is 5.91 Å². The zero-order chi connectivity index (χ0) is 18.7. The molecule has 1 heterocycles. The van der Waals surface area contributed by atoms with Crippen LogP contribution in [-0.2, 0) is 4.79 Å². The van der Waals surface area contributed by atoms with Crippen molar-refractivity contribution in [1.82, 2.24) is 10.9 Å². The van der Waals surface area contributed by atoms with Gasteiger partial charge in [0.05, 0.1) is 0 Å². The van der Waals surface area contributed by atoms with E-state index in [-0.39, 0.29) is 17.2 Å². The van der Waals surface area contributed by atoms with Gasteiger partial charge < -0.3 is 9.73 Å². The van der Waals surface area contributed by atoms with Crippen molar-refractivity contribution in [2.75, 3.05) is 5.32 Å². The average Bonchev–Trinajstić information content (AvgIpc) is 2.96. The van der Waals surface area contributed by atoms with Gasteiger partial charge >= 0.3 is 5.91 Å². The Bertz CT molecular complexity index is 1010. The van der Waals surface area contributed by atoms with E-state index in [4.69, 9.17) is 4.42 Å². The standard InChI is InChI=1S/C19H17N3O4/c1-11-15-8-3-4-9-16(15)26-17(11)19(25)22-21-18(24)13-6-5-7-14(10-13)20-12(2)23/h3-10H,1-2H3,(H,20,23)(H,21,24)(H,22,25). The Kier molecular flexibility index (Phi) is 4.70. The third-order valence-corrected chi connectivity index (χ3v) is 3.78. The molecule has 0 aliphatic rings. The van der Waals surface area contributed by atoms with E-state index in [1.54, 1.807) is 31.2 Å². The van der Waals surface area contributed by atoms with E-state index in [0.717, 1.165) is 5.39 Å². The highest BCUT2D eigenvalue weighted by Crippen LogP contribution is 2.24. The molecular formula is C19H17N3O4. The molecule has 0 radical (unpaired) electrons. The maximum absolute atomic E-state index is 12.3. The highest BCUT2D eigenvalue weighted by atomic mass is 16.3. The molecule has 0 fully saturated rings. The SMILES string of the molecule is CC(=O)Nc1cccc(C(=O)NNC(=O)c2oc3ccccc3c2C)c1. The van der Waals surface area contributed by atoms with E-state index >= 15 is 0 Å². The third kappa shape index (κ3) is 3.56. The quantitative estimate of drug-likeness (QED) is 0.632. The van der Waals surface area contributed by atoms with Crippen LogP contribution < -0.4 is 16.2 Å². The molecule has 132 valence electrons. The van der Waals surface area contributed by atoms with Crippen LogP contribution in [0, 0.1) is 6.92 Å². The molecule has 0 aliphatic heterocycles. The molecule has 3 N–H and O–H groups in total. The fourth-order valence-corrected chi connectivity index (χ4v) is 2.57. The maximum Gasteiger partial charge on any atom is 0.305 e. The molecule has 26 heavy (non-hydrogen) atoms. The van der Waals surface area contributed by atoms with Gasteiger partial charge in [-0.2, -0.15) is 0 Å². The molecule has 7 nitrogen and oxygen atoms in total. The Morgan fingerprint density at radius 3 is 2.38 bits per heavy atom. The Morgan fingerprint density at radius 1 is 0.923 bits per heavy atom. The summed E-state index contributed by atoms with van der Waals surface area (Å²) >= 11 is 0. The minimum atomic E-state index is -0.551. The molecule has 3 aromatic rings. The summed E-state index contributed by atoms with van der Waals surface area (Å²) in [5, 5.41) is 3.43. The fraction of sp³-hybridized carbons (Fsp3) is 0.105. The predicted octanol–water partition coefficient (Wildman–Crippen LogP) is 2.77. The van der Waals surface area contributed by atoms with E-state index in [2.05, 4.69) is 16.2 Å². The number of fused-ring (bicyclic) bond motifs is 1. The minimum absolute atomic E-state index is 0.137. The van der Waals surface area contributed by atoms with Crippen molar-refractivity contribution >= 4 is 34.4 Å². The molecule has 3 amide bonds. The number of aryl methyl sites for hydroxylation is 1. The van der Waals surface area contributed by atoms with Crippen molar-refractivity contribution in [3.63, 3.8) is 0 Å². The van der Waals surface area contributed by atoms with Crippen LogP contribution in [0.5, 0.6) is 0 Å². The second kappa shape index (κ2) is 7.10. The van der Waals surface area contributed by atoms with Crippen molar-refractivity contribution in [3.8, 4) is 0 Å². The number of amides is 3. The number of benzene rings is 2. The van der Waals surface area contributed by atoms with Crippen LogP contribution >= 0.6 is 0 Å². The summed E-state index contributed by atoms with van der Waals surface area (Å²) in [7, 11) is 0. The summed E-state index contributed by atoms with van der Waals surface area (Å²) in [6.07, 6.45) is 0. The molecule has 0 atom stereocenters. The smallest absolute Gasteiger partial charge is 0.305 e. The van der Waals surface area contributed by atoms with Gasteiger partial charge in [-0.05, 0) is 31.2 Å². The number of para-hydroxylation sites is 1. The van der Waals surface area contributed by atoms with E-state index in [9.17, 15) is 14.4 Å². The van der Waals surface area contributed by atoms with Crippen molar-refractivity contribution in [2.24, 2.45) is 0 Å². The molecule has 1 aromatic heterocycles. The first-order valence-electron chi connectivity index (χ1n) is 7.92. The van der Waals surface area contributed by atoms with Gasteiger partial charge in [0.1, 0.15) is 5.58 Å². The first kappa shape index (κ1) is 17.2. The summed E-state index contributed by atoms with van der Waals surface area (Å²) in [4.78, 5) is 35.6. The van der Waals surface area contributed by atoms with Crippen LogP contribution in [0.25, 0.3) is 11.0 Å². The van der Waals surface area contributed by atoms with Crippen LogP contribution in [0.4, 0.5) is 5.69 Å². The largest absolute Gasteiger partial charge is 0.451 e. The Labute approximate surface area is 149 Å². The van der Waals surface area contributed by atoms with E-state index in [1.807, 2.05) is 18.2 Å². The zero-order valence-corrected chi connectivity index (χ0v) is 14.3. The monoisotopic (exact) mass is 351 g/mol. The maximum atomic E-state index is 12.3. The second-order valence-electron chi connectivity index (χ2n) is 5.72. The number of rotatable bonds is 3. The average molecular weight is 351 g/mol. The molecular weight excluding hydrogens is 334 g/mol. The zero-order valence-electron chi connectivity index (χ0n) is 14.3. The Balaban J connectivity index is 1.70. The van der Waals surface area contributed by atoms with Crippen molar-refractivity contribution in [2.45, 2.75) is 13.8 Å². The summed E-state index contributed by atoms with van der Waals surface area (Å²) in [5.74, 6) is -1.17. The molecule has 7 heteroatoms. The summed E-state index contributed by atoms with van der Waals surface area (Å²) in [6, 6.07) is 13.7. The van der Waals surface area contributed by atoms with Crippen LogP contribution in [-0.4, -0.2) is 17.7 Å². The molecule has 0 saturated carbocycles. The number of nitrogens with one attached hydrogen (secondary N) is 3. The molecule has 2 aromatic carbocycles. The van der Waals surface area contributed by atoms with Crippen LogP contribution in [0.15, 0.2) is 52.9 Å². The van der Waals surface area contributed by atoms with Crippen LogP contribution in [0.3, 0.4) is 0 Å². The number of hydrazine groups is 1. The number of hydrogen-bond acceptors (Lipinski definition) is 4. The molecule has 3 rings (SSSR count). The van der Waals surface area contributed by atoms with Gasteiger partial charge in [-0.15, -0.1) is 0 Å². The topological polar surface area (TPSA) is 100 Å². The fourth-order valence-electron chi connectivity index (χ4n) is 2.57. The number of hydrogen-bond donors (Lipinski definition) is 3. The number of furan rings is 1. The minimum Gasteiger partial charge on any atom is -0.451 e. The molecule has 0 bridgehead atoms. The van der Waals surface area contributed by atoms with Crippen LogP contribution in [0.1, 0.15) is 33.4 Å². The lowest BCUT2D eigenvalue weighted by Gasteiger charge is -2.08. The van der Waals surface area contributed by atoms with Gasteiger partial charge in [0.15, 0.2) is 5.76 Å². The van der Waals surface area contributed by atoms with E-state index in [0.29, 0.717) is 16.8 Å². The molecule has 0 unspecified atom stereocenters. The summed E-state index contributed by atoms with van der Waals surface area (Å²) in [5.41, 5.74) is 6.75. The molecule has 0 aliphatic carbocycles. The van der Waals surface area contributed by atoms with Gasteiger partial charge in [0, 0.05) is 29.1 Å². The number of anilines is 1. The Hall–Kier alpha value is -3.61. The lowest BCUT2D eigenvalue weighted by Crippen LogP contribution is -2.41. The van der Waals surface area contributed by atoms with Crippen molar-refractivity contribution in [3.05, 3.63) is 65.4 Å². The third-order valence-electron chi connectivity index (χ3n) is 3.78. The Morgan fingerprint density at radius 2 is 1.65 bits per heavy atom. The lowest BCUT2D eigenvalue weighted by atomic mass is 10.1. The molecule has 0 spiro atoms. The normalized spacial score (nSPS) is 10.4. The molecule has 0 saturated heterocycles. The first-order valence-corrected chi connectivity index (χ1v) is 7.92. The van der Waals surface area contributed by atoms with Gasteiger partial charge in [-0.3, -0.25) is 25.2 Å². The van der Waals surface area contributed by atoms with E-state index in [1.165, 1.54) is 13.0 Å². The van der Waals surface area contributed by atoms with Gasteiger partial charge in [-0.1, -0.05) is 24.3 Å². The van der Waals surface area contributed by atoms with E-state index < -0.39 is 11.8 Å². The number of carbonyl (C=O) groups is 3. The second-order valence-corrected chi connectivity index (χ2v) is 5.72. The van der Waals surface area contributed by atoms with Crippen molar-refractivity contribution in [1.29, 1.82) is 0 Å². The summed E-state index contributed by atoms with van der Waals surface area (Å²) < 4.78 is 5.55. The van der Waals surface area contributed by atoms with Crippen molar-refractivity contribution < 1.29 is 18.8 Å². The highest BCUT2D eigenvalue weighted by molar-refractivity contribution is 6.02. The lowest BCUT2D eigenvalue weighted by molar-refractivity contribution is -0.114. The first-order chi connectivity index (χ1) is 12.5. The highest BCUT2D eigenvalue weighted by Gasteiger charge is 2.18.